The molecule has 0 aromatic heterocycles. The highest BCUT2D eigenvalue weighted by atomic mass is 16.5. The normalized spacial score (nSPS) is 11.6. The molecule has 0 heterocycles. The van der Waals surface area contributed by atoms with Gasteiger partial charge < -0.3 is 25.4 Å². The Morgan fingerprint density at radius 3 is 2.35 bits per heavy atom. The van der Waals surface area contributed by atoms with Crippen LogP contribution in [0.25, 0.3) is 0 Å². The van der Waals surface area contributed by atoms with E-state index in [9.17, 15) is 14.4 Å². The molecule has 1 atom stereocenters. The summed E-state index contributed by atoms with van der Waals surface area (Å²) in [5, 5.41) is 13.8. The molecule has 0 saturated carbocycles. The van der Waals surface area contributed by atoms with E-state index < -0.39 is 18.1 Å². The first-order valence-corrected chi connectivity index (χ1v) is 6.48. The van der Waals surface area contributed by atoms with Crippen molar-refractivity contribution in [3.05, 3.63) is 0 Å². The SMILES string of the molecule is CCNC(=O)CN(CC)C(=O)NCC(CC(=O)O)OC. The molecule has 0 fully saturated rings. The van der Waals surface area contributed by atoms with Gasteiger partial charge in [0, 0.05) is 26.7 Å². The average molecular weight is 289 g/mol. The molecular weight excluding hydrogens is 266 g/mol. The number of nitrogens with zero attached hydrogens (tertiary/aromatic N) is 1. The van der Waals surface area contributed by atoms with Crippen LogP contribution in [0.2, 0.25) is 0 Å². The van der Waals surface area contributed by atoms with Gasteiger partial charge in [0.15, 0.2) is 0 Å². The minimum atomic E-state index is -0.999. The molecule has 0 radical (unpaired) electrons. The number of carboxylic acids is 1. The molecule has 0 aliphatic heterocycles. The first-order chi connectivity index (χ1) is 9.44. The molecule has 0 spiro atoms. The summed E-state index contributed by atoms with van der Waals surface area (Å²) in [5.74, 6) is -1.24. The Labute approximate surface area is 118 Å². The topological polar surface area (TPSA) is 108 Å². The Balaban J connectivity index is 4.26. The summed E-state index contributed by atoms with van der Waals surface area (Å²) in [5.41, 5.74) is 0. The maximum atomic E-state index is 11.9. The number of carbonyl (C=O) groups excluding carboxylic acids is 2. The van der Waals surface area contributed by atoms with Crippen molar-refractivity contribution in [2.24, 2.45) is 0 Å². The van der Waals surface area contributed by atoms with E-state index in [2.05, 4.69) is 10.6 Å². The molecule has 20 heavy (non-hydrogen) atoms. The molecule has 0 aliphatic carbocycles. The maximum absolute atomic E-state index is 11.9. The molecule has 0 saturated heterocycles. The van der Waals surface area contributed by atoms with Gasteiger partial charge in [0.2, 0.25) is 5.91 Å². The van der Waals surface area contributed by atoms with Crippen LogP contribution in [0.3, 0.4) is 0 Å². The molecule has 8 nitrogen and oxygen atoms in total. The van der Waals surface area contributed by atoms with Gasteiger partial charge in [-0.1, -0.05) is 0 Å². The zero-order valence-electron chi connectivity index (χ0n) is 12.1. The Hall–Kier alpha value is -1.83. The van der Waals surface area contributed by atoms with Crippen LogP contribution in [0.4, 0.5) is 4.79 Å². The predicted molar refractivity (Wildman–Crippen MR) is 72.4 cm³/mol. The van der Waals surface area contributed by atoms with Crippen molar-refractivity contribution >= 4 is 17.9 Å². The Morgan fingerprint density at radius 1 is 1.25 bits per heavy atom. The highest BCUT2D eigenvalue weighted by molar-refractivity contribution is 5.84. The summed E-state index contributed by atoms with van der Waals surface area (Å²) < 4.78 is 4.95. The van der Waals surface area contributed by atoms with Gasteiger partial charge in [-0.05, 0) is 13.8 Å². The standard InChI is InChI=1S/C12H23N3O5/c1-4-13-10(16)8-15(5-2)12(19)14-7-9(20-3)6-11(17)18/h9H,4-8H2,1-3H3,(H,13,16)(H,14,19)(H,17,18). The van der Waals surface area contributed by atoms with Gasteiger partial charge in [-0.25, -0.2) is 4.79 Å². The number of methoxy groups -OCH3 is 1. The van der Waals surface area contributed by atoms with E-state index in [1.54, 1.807) is 13.8 Å². The number of ether oxygens (including phenoxy) is 1. The van der Waals surface area contributed by atoms with Gasteiger partial charge in [0.1, 0.15) is 6.54 Å². The smallest absolute Gasteiger partial charge is 0.317 e. The number of rotatable bonds is 9. The second-order valence-electron chi connectivity index (χ2n) is 4.11. The number of urea groups is 1. The molecule has 0 aliphatic rings. The third kappa shape index (κ3) is 7.57. The number of carboxylic acid groups (broad SMARTS) is 1. The van der Waals surface area contributed by atoms with E-state index >= 15 is 0 Å². The largest absolute Gasteiger partial charge is 0.481 e. The minimum absolute atomic E-state index is 0.0350. The van der Waals surface area contributed by atoms with Crippen molar-refractivity contribution in [2.75, 3.05) is 33.3 Å². The van der Waals surface area contributed by atoms with E-state index in [0.717, 1.165) is 0 Å². The molecule has 0 aromatic carbocycles. The summed E-state index contributed by atoms with van der Waals surface area (Å²) in [6.45, 7) is 4.47. The van der Waals surface area contributed by atoms with Gasteiger partial charge >= 0.3 is 12.0 Å². The Morgan fingerprint density at radius 2 is 1.90 bits per heavy atom. The molecule has 116 valence electrons. The van der Waals surface area contributed by atoms with Gasteiger partial charge in [-0.2, -0.15) is 0 Å². The van der Waals surface area contributed by atoms with Gasteiger partial charge in [0.05, 0.1) is 12.5 Å². The second-order valence-corrected chi connectivity index (χ2v) is 4.11. The van der Waals surface area contributed by atoms with Crippen LogP contribution in [0.15, 0.2) is 0 Å². The quantitative estimate of drug-likeness (QED) is 0.537. The number of aliphatic carboxylic acids is 1. The summed E-state index contributed by atoms with van der Waals surface area (Å²) >= 11 is 0. The van der Waals surface area contributed by atoms with Gasteiger partial charge in [-0.15, -0.1) is 0 Å². The highest BCUT2D eigenvalue weighted by Crippen LogP contribution is 1.97. The van der Waals surface area contributed by atoms with Crippen LogP contribution in [0.5, 0.6) is 0 Å². The van der Waals surface area contributed by atoms with Crippen molar-refractivity contribution in [3.63, 3.8) is 0 Å². The van der Waals surface area contributed by atoms with E-state index in [-0.39, 0.29) is 25.4 Å². The van der Waals surface area contributed by atoms with Crippen molar-refractivity contribution in [1.29, 1.82) is 0 Å². The average Bonchev–Trinajstić information content (AvgIpc) is 2.40. The molecule has 3 amide bonds. The number of hydrogen-bond donors (Lipinski definition) is 3. The van der Waals surface area contributed by atoms with E-state index in [1.165, 1.54) is 12.0 Å². The summed E-state index contributed by atoms with van der Waals surface area (Å²) in [6, 6.07) is -0.425. The number of likely N-dealkylation sites (N-methyl/N-ethyl adjacent to an activating group) is 2. The molecular formula is C12H23N3O5. The third-order valence-corrected chi connectivity index (χ3v) is 2.59. The van der Waals surface area contributed by atoms with E-state index in [1.807, 2.05) is 0 Å². The zero-order chi connectivity index (χ0) is 15.5. The number of hydrogen-bond acceptors (Lipinski definition) is 4. The first-order valence-electron chi connectivity index (χ1n) is 6.48. The molecule has 3 N–H and O–H groups in total. The van der Waals surface area contributed by atoms with Crippen molar-refractivity contribution < 1.29 is 24.2 Å². The minimum Gasteiger partial charge on any atom is -0.481 e. The fourth-order valence-electron chi connectivity index (χ4n) is 1.50. The molecule has 0 rings (SSSR count). The monoisotopic (exact) mass is 289 g/mol. The van der Waals surface area contributed by atoms with Crippen LogP contribution in [-0.4, -0.2) is 67.3 Å². The fraction of sp³-hybridized carbons (Fsp3) is 0.750. The van der Waals surface area contributed by atoms with Crippen molar-refractivity contribution in [1.82, 2.24) is 15.5 Å². The van der Waals surface area contributed by atoms with Crippen LogP contribution in [0, 0.1) is 0 Å². The zero-order valence-corrected chi connectivity index (χ0v) is 12.1. The van der Waals surface area contributed by atoms with Crippen molar-refractivity contribution in [2.45, 2.75) is 26.4 Å². The summed E-state index contributed by atoms with van der Waals surface area (Å²) in [6.07, 6.45) is -0.793. The third-order valence-electron chi connectivity index (χ3n) is 2.59. The van der Waals surface area contributed by atoms with Crippen LogP contribution in [-0.2, 0) is 14.3 Å². The Bertz CT molecular complexity index is 335. The lowest BCUT2D eigenvalue weighted by atomic mass is 10.2. The van der Waals surface area contributed by atoms with E-state index in [0.29, 0.717) is 13.1 Å². The lowest BCUT2D eigenvalue weighted by Gasteiger charge is -2.22. The van der Waals surface area contributed by atoms with Crippen LogP contribution >= 0.6 is 0 Å². The summed E-state index contributed by atoms with van der Waals surface area (Å²) in [7, 11) is 1.38. The Kier molecular flexibility index (Phi) is 9.10. The van der Waals surface area contributed by atoms with Gasteiger partial charge in [0.25, 0.3) is 0 Å². The van der Waals surface area contributed by atoms with Gasteiger partial charge in [-0.3, -0.25) is 9.59 Å². The molecule has 0 bridgehead atoms. The number of carbonyl (C=O) groups is 3. The molecule has 0 aromatic rings. The molecule has 1 unspecified atom stereocenters. The lowest BCUT2D eigenvalue weighted by Crippen LogP contribution is -2.47. The highest BCUT2D eigenvalue weighted by Gasteiger charge is 2.18. The lowest BCUT2D eigenvalue weighted by molar-refractivity contribution is -0.139. The maximum Gasteiger partial charge on any atom is 0.317 e. The fourth-order valence-corrected chi connectivity index (χ4v) is 1.50. The van der Waals surface area contributed by atoms with Crippen LogP contribution in [0.1, 0.15) is 20.3 Å². The van der Waals surface area contributed by atoms with Crippen LogP contribution < -0.4 is 10.6 Å². The summed E-state index contributed by atoms with van der Waals surface area (Å²) in [4.78, 5) is 35.2. The predicted octanol–water partition coefficient (Wildman–Crippen LogP) is -0.356. The number of amides is 3. The number of nitrogens with one attached hydrogen (secondary N) is 2. The second kappa shape index (κ2) is 10.0. The first kappa shape index (κ1) is 18.2. The van der Waals surface area contributed by atoms with E-state index in [4.69, 9.17) is 9.84 Å². The molecule has 8 heteroatoms. The van der Waals surface area contributed by atoms with Crippen molar-refractivity contribution in [3.8, 4) is 0 Å².